The summed E-state index contributed by atoms with van der Waals surface area (Å²) in [4.78, 5) is 52.3. The molecule has 0 amide bonds. The third-order valence-corrected chi connectivity index (χ3v) is 10.7. The summed E-state index contributed by atoms with van der Waals surface area (Å²) in [6.45, 7) is 14.1. The molecule has 12 nitrogen and oxygen atoms in total. The van der Waals surface area contributed by atoms with Gasteiger partial charge in [-0.05, 0) is 110 Å². The molecule has 1 aromatic heterocycles. The number of ether oxygens (including phenoxy) is 3. The van der Waals surface area contributed by atoms with E-state index in [-0.39, 0.29) is 35.8 Å². The minimum atomic E-state index is -0.359. The molecule has 3 N–H and O–H groups in total. The minimum Gasteiger partial charge on any atom is -0.462 e. The highest BCUT2D eigenvalue weighted by Gasteiger charge is 2.16. The fraction of sp³-hybridized carbons (Fsp3) is 0.500. The van der Waals surface area contributed by atoms with Gasteiger partial charge >= 0.3 is 17.9 Å². The number of anilines is 6. The Balaban J connectivity index is 1.49. The zero-order chi connectivity index (χ0) is 43.1. The van der Waals surface area contributed by atoms with E-state index in [1.807, 2.05) is 0 Å². The molecule has 0 aliphatic heterocycles. The zero-order valence-corrected chi connectivity index (χ0v) is 36.6. The molecular weight excluding hydrogens is 757 g/mol. The average Bonchev–Trinajstić information content (AvgIpc) is 3.27. The summed E-state index contributed by atoms with van der Waals surface area (Å²) in [5, 5.41) is 9.65. The summed E-state index contributed by atoms with van der Waals surface area (Å²) in [6, 6.07) is 20.8. The van der Waals surface area contributed by atoms with E-state index in [0.29, 0.717) is 71.3 Å². The van der Waals surface area contributed by atoms with Crippen molar-refractivity contribution in [2.24, 2.45) is 17.8 Å². The molecule has 0 bridgehead atoms. The predicted molar refractivity (Wildman–Crippen MR) is 240 cm³/mol. The van der Waals surface area contributed by atoms with Crippen molar-refractivity contribution in [1.82, 2.24) is 15.0 Å². The van der Waals surface area contributed by atoms with E-state index in [1.54, 1.807) is 72.8 Å². The van der Waals surface area contributed by atoms with E-state index >= 15 is 0 Å². The molecule has 0 fully saturated rings. The smallest absolute Gasteiger partial charge is 0.338 e. The van der Waals surface area contributed by atoms with Crippen LogP contribution in [0.5, 0.6) is 0 Å². The van der Waals surface area contributed by atoms with Gasteiger partial charge in [-0.25, -0.2) is 14.4 Å². The summed E-state index contributed by atoms with van der Waals surface area (Å²) in [5.41, 5.74) is 3.30. The fourth-order valence-corrected chi connectivity index (χ4v) is 6.52. The summed E-state index contributed by atoms with van der Waals surface area (Å²) in [5.74, 6) is 0.674. The van der Waals surface area contributed by atoms with Crippen molar-refractivity contribution in [3.63, 3.8) is 0 Å². The largest absolute Gasteiger partial charge is 0.462 e. The normalized spacial score (nSPS) is 12.5. The molecule has 0 spiro atoms. The molecule has 0 saturated heterocycles. The van der Waals surface area contributed by atoms with Gasteiger partial charge in [0.05, 0.1) is 36.5 Å². The van der Waals surface area contributed by atoms with Gasteiger partial charge in [0.25, 0.3) is 0 Å². The molecule has 60 heavy (non-hydrogen) atoms. The average molecular weight is 823 g/mol. The monoisotopic (exact) mass is 823 g/mol. The first-order valence-corrected chi connectivity index (χ1v) is 22.1. The van der Waals surface area contributed by atoms with Gasteiger partial charge in [0.15, 0.2) is 0 Å². The summed E-state index contributed by atoms with van der Waals surface area (Å²) in [7, 11) is 0. The second-order valence-corrected chi connectivity index (χ2v) is 15.5. The highest BCUT2D eigenvalue weighted by molar-refractivity contribution is 5.91. The van der Waals surface area contributed by atoms with Gasteiger partial charge in [-0.2, -0.15) is 15.0 Å². The molecule has 324 valence electrons. The number of benzene rings is 3. The maximum Gasteiger partial charge on any atom is 0.338 e. The molecule has 12 heteroatoms. The van der Waals surface area contributed by atoms with Crippen molar-refractivity contribution in [1.29, 1.82) is 0 Å². The van der Waals surface area contributed by atoms with Crippen molar-refractivity contribution in [2.45, 2.75) is 119 Å². The lowest BCUT2D eigenvalue weighted by atomic mass is 10.0. The molecule has 4 rings (SSSR count). The number of aromatic nitrogens is 3. The highest BCUT2D eigenvalue weighted by atomic mass is 16.5. The third-order valence-electron chi connectivity index (χ3n) is 10.7. The first-order valence-electron chi connectivity index (χ1n) is 22.1. The molecule has 3 aromatic carbocycles. The number of nitrogens with one attached hydrogen (secondary N) is 3. The summed E-state index contributed by atoms with van der Waals surface area (Å²) in [6.07, 6.45) is 12.7. The molecule has 3 atom stereocenters. The van der Waals surface area contributed by atoms with Gasteiger partial charge < -0.3 is 30.2 Å². The topological polar surface area (TPSA) is 154 Å². The van der Waals surface area contributed by atoms with Crippen LogP contribution in [0.2, 0.25) is 0 Å². The van der Waals surface area contributed by atoms with E-state index in [9.17, 15) is 14.4 Å². The lowest BCUT2D eigenvalue weighted by Crippen LogP contribution is -2.14. The van der Waals surface area contributed by atoms with Crippen LogP contribution in [-0.4, -0.2) is 52.7 Å². The van der Waals surface area contributed by atoms with Crippen molar-refractivity contribution in [2.75, 3.05) is 35.8 Å². The first-order chi connectivity index (χ1) is 29.2. The summed E-state index contributed by atoms with van der Waals surface area (Å²) >= 11 is 0. The number of hydrogen-bond donors (Lipinski definition) is 3. The van der Waals surface area contributed by atoms with Crippen molar-refractivity contribution in [3.05, 3.63) is 89.5 Å². The Bertz CT molecular complexity index is 1660. The second kappa shape index (κ2) is 25.9. The van der Waals surface area contributed by atoms with E-state index in [4.69, 9.17) is 14.2 Å². The third kappa shape index (κ3) is 15.9. The number of hydrogen-bond acceptors (Lipinski definition) is 12. The maximum atomic E-state index is 12.8. The van der Waals surface area contributed by atoms with E-state index in [1.165, 1.54) is 0 Å². The second-order valence-electron chi connectivity index (χ2n) is 15.5. The van der Waals surface area contributed by atoms with Crippen molar-refractivity contribution in [3.8, 4) is 0 Å². The molecule has 0 aliphatic rings. The number of nitrogens with zero attached hydrogens (tertiary/aromatic N) is 3. The number of unbranched alkanes of at least 4 members (excludes halogenated alkanes) is 3. The SMILES string of the molecule is CCCC[C@@H](CC)COC(=O)c1ccc(Nc2nc(Nc3ccc(C(=O)OC[C@H](CC)CCCC)cc3)nc(Nc3ccc(C(=O)OC[C@@H](CC)CCCC)cc3)n2)cc1. The molecule has 0 aliphatic carbocycles. The van der Waals surface area contributed by atoms with Crippen molar-refractivity contribution < 1.29 is 28.6 Å². The van der Waals surface area contributed by atoms with Crippen LogP contribution in [0.1, 0.15) is 150 Å². The Morgan fingerprint density at radius 3 is 0.900 bits per heavy atom. The summed E-state index contributed by atoms with van der Waals surface area (Å²) < 4.78 is 16.9. The first kappa shape index (κ1) is 47.2. The Hall–Kier alpha value is -5.52. The molecular formula is C48H66N6O6. The minimum absolute atomic E-state index is 0.231. The van der Waals surface area contributed by atoms with Gasteiger partial charge in [0.2, 0.25) is 17.8 Å². The molecule has 0 saturated carbocycles. The number of rotatable bonds is 27. The van der Waals surface area contributed by atoms with Gasteiger partial charge in [-0.15, -0.1) is 0 Å². The van der Waals surface area contributed by atoms with Crippen LogP contribution in [0.4, 0.5) is 34.9 Å². The fourth-order valence-electron chi connectivity index (χ4n) is 6.52. The van der Waals surface area contributed by atoms with E-state index in [0.717, 1.165) is 77.0 Å². The van der Waals surface area contributed by atoms with Crippen LogP contribution in [0.25, 0.3) is 0 Å². The Morgan fingerprint density at radius 2 is 0.683 bits per heavy atom. The quantitative estimate of drug-likeness (QED) is 0.0387. The molecule has 4 aromatic rings. The standard InChI is InChI=1S/C48H66N6O6/c1-7-13-16-34(10-4)31-58-43(55)37-19-25-40(26-20-37)49-46-52-47(50-41-27-21-38(22-28-41)44(56)59-32-35(11-5)17-14-8-2)54-48(53-46)51-42-29-23-39(24-30-42)45(57)60-33-36(12-6)18-15-9-3/h19-30,34-36H,7-18,31-33H2,1-6H3,(H3,49,50,51,52,53,54)/t34-,35-,36+/m1/s1. The Labute approximate surface area is 357 Å². The predicted octanol–water partition coefficient (Wildman–Crippen LogP) is 12.2. The Morgan fingerprint density at radius 1 is 0.433 bits per heavy atom. The van der Waals surface area contributed by atoms with Gasteiger partial charge in [-0.1, -0.05) is 99.3 Å². The number of carbonyl (C=O) groups excluding carboxylic acids is 3. The number of carbonyl (C=O) groups is 3. The van der Waals surface area contributed by atoms with E-state index < -0.39 is 0 Å². The van der Waals surface area contributed by atoms with E-state index in [2.05, 4.69) is 72.4 Å². The molecule has 0 unspecified atom stereocenters. The van der Waals surface area contributed by atoms with Crippen LogP contribution in [0.3, 0.4) is 0 Å². The highest BCUT2D eigenvalue weighted by Crippen LogP contribution is 2.24. The van der Waals surface area contributed by atoms with Gasteiger partial charge in [0, 0.05) is 17.1 Å². The van der Waals surface area contributed by atoms with Crippen LogP contribution in [0, 0.1) is 17.8 Å². The van der Waals surface area contributed by atoms with Crippen LogP contribution in [-0.2, 0) is 14.2 Å². The Kier molecular flexibility index (Phi) is 20.3. The lowest BCUT2D eigenvalue weighted by Gasteiger charge is -2.15. The molecule has 0 radical (unpaired) electrons. The van der Waals surface area contributed by atoms with Gasteiger partial charge in [0.1, 0.15) is 0 Å². The lowest BCUT2D eigenvalue weighted by molar-refractivity contribution is 0.0419. The number of esters is 3. The van der Waals surface area contributed by atoms with Crippen LogP contribution < -0.4 is 16.0 Å². The van der Waals surface area contributed by atoms with Crippen molar-refractivity contribution >= 4 is 52.8 Å². The van der Waals surface area contributed by atoms with Gasteiger partial charge in [-0.3, -0.25) is 0 Å². The molecule has 1 heterocycles. The van der Waals surface area contributed by atoms with Crippen LogP contribution in [0.15, 0.2) is 72.8 Å². The van der Waals surface area contributed by atoms with Crippen LogP contribution >= 0.6 is 0 Å². The zero-order valence-electron chi connectivity index (χ0n) is 36.6. The maximum absolute atomic E-state index is 12.8.